The van der Waals surface area contributed by atoms with Crippen molar-refractivity contribution < 1.29 is 28.6 Å². The molecule has 41 heavy (non-hydrogen) atoms. The normalized spacial score (nSPS) is 14.7. The van der Waals surface area contributed by atoms with Gasteiger partial charge in [-0.05, 0) is 72.6 Å². The Morgan fingerprint density at radius 3 is 2.20 bits per heavy atom. The van der Waals surface area contributed by atoms with E-state index in [1.54, 1.807) is 43.4 Å². The van der Waals surface area contributed by atoms with Crippen LogP contribution in [-0.2, 0) is 27.2 Å². The minimum Gasteiger partial charge on any atom is -0.493 e. The van der Waals surface area contributed by atoms with Gasteiger partial charge in [0, 0.05) is 18.8 Å². The number of carbonyl (C=O) groups is 3. The standard InChI is InChI=1S/C31H33N3O6S/c1-38-26-14-9-22(19-27(26)39-2)16-17-33-25(20-28(35)32-24-12-10-23(11-13-24)30(37)40-3)29(36)34(31(33)41)18-15-21-7-5-4-6-8-21/h4-14,19,25H,15-18,20H2,1-3H3,(H,32,35)/t25-/m1/s1. The van der Waals surface area contributed by atoms with Crippen LogP contribution in [0.1, 0.15) is 27.9 Å². The lowest BCUT2D eigenvalue weighted by Crippen LogP contribution is -2.39. The molecular formula is C31H33N3O6S. The summed E-state index contributed by atoms with van der Waals surface area (Å²) in [7, 11) is 4.47. The summed E-state index contributed by atoms with van der Waals surface area (Å²) >= 11 is 5.78. The second-order valence-electron chi connectivity index (χ2n) is 9.48. The Labute approximate surface area is 245 Å². The minimum absolute atomic E-state index is 0.0779. The molecule has 0 spiro atoms. The second-order valence-corrected chi connectivity index (χ2v) is 9.84. The number of hydrogen-bond donors (Lipinski definition) is 1. The summed E-state index contributed by atoms with van der Waals surface area (Å²) in [6.07, 6.45) is 1.14. The van der Waals surface area contributed by atoms with E-state index in [4.69, 9.17) is 26.4 Å². The first kappa shape index (κ1) is 29.5. The zero-order chi connectivity index (χ0) is 29.4. The number of anilines is 1. The summed E-state index contributed by atoms with van der Waals surface area (Å²) < 4.78 is 15.5. The van der Waals surface area contributed by atoms with Crippen molar-refractivity contribution in [3.8, 4) is 11.5 Å². The Hall–Kier alpha value is -4.44. The lowest BCUT2D eigenvalue weighted by Gasteiger charge is -2.24. The van der Waals surface area contributed by atoms with Crippen LogP contribution in [0.15, 0.2) is 72.8 Å². The fourth-order valence-corrected chi connectivity index (χ4v) is 5.12. The summed E-state index contributed by atoms with van der Waals surface area (Å²) in [5, 5.41) is 3.23. The van der Waals surface area contributed by atoms with Crippen LogP contribution >= 0.6 is 12.2 Å². The molecule has 0 radical (unpaired) electrons. The number of ether oxygens (including phenoxy) is 3. The maximum absolute atomic E-state index is 13.6. The average Bonchev–Trinajstić information content (AvgIpc) is 3.22. The van der Waals surface area contributed by atoms with Crippen molar-refractivity contribution in [1.29, 1.82) is 0 Å². The first-order valence-corrected chi connectivity index (χ1v) is 13.6. The number of hydrogen-bond acceptors (Lipinski definition) is 7. The molecule has 10 heteroatoms. The van der Waals surface area contributed by atoms with Crippen LogP contribution in [0.4, 0.5) is 5.69 Å². The van der Waals surface area contributed by atoms with Gasteiger partial charge in [0.2, 0.25) is 5.91 Å². The lowest BCUT2D eigenvalue weighted by molar-refractivity contribution is -0.130. The van der Waals surface area contributed by atoms with Crippen LogP contribution in [0.5, 0.6) is 11.5 Å². The van der Waals surface area contributed by atoms with Gasteiger partial charge in [0.05, 0.1) is 33.3 Å². The number of benzene rings is 3. The molecule has 1 heterocycles. The fraction of sp³-hybridized carbons (Fsp3) is 0.290. The zero-order valence-electron chi connectivity index (χ0n) is 23.3. The molecule has 0 saturated carbocycles. The molecular weight excluding hydrogens is 542 g/mol. The van der Waals surface area contributed by atoms with E-state index < -0.39 is 12.0 Å². The van der Waals surface area contributed by atoms with Crippen LogP contribution in [0.25, 0.3) is 0 Å². The van der Waals surface area contributed by atoms with E-state index in [-0.39, 0.29) is 18.2 Å². The number of methoxy groups -OCH3 is 3. The van der Waals surface area contributed by atoms with E-state index in [0.717, 1.165) is 11.1 Å². The Bertz CT molecular complexity index is 1400. The Morgan fingerprint density at radius 1 is 0.854 bits per heavy atom. The molecule has 1 atom stereocenters. The van der Waals surface area contributed by atoms with Gasteiger partial charge in [-0.15, -0.1) is 0 Å². The average molecular weight is 576 g/mol. The van der Waals surface area contributed by atoms with E-state index in [1.165, 1.54) is 7.11 Å². The van der Waals surface area contributed by atoms with Gasteiger partial charge >= 0.3 is 5.97 Å². The first-order chi connectivity index (χ1) is 19.8. The van der Waals surface area contributed by atoms with Crippen LogP contribution < -0.4 is 14.8 Å². The van der Waals surface area contributed by atoms with Gasteiger partial charge in [0.1, 0.15) is 6.04 Å². The highest BCUT2D eigenvalue weighted by Gasteiger charge is 2.42. The molecule has 1 N–H and O–H groups in total. The first-order valence-electron chi connectivity index (χ1n) is 13.2. The Kier molecular flexibility index (Phi) is 9.91. The van der Waals surface area contributed by atoms with Crippen LogP contribution in [-0.4, -0.2) is 73.2 Å². The molecule has 0 aromatic heterocycles. The number of nitrogens with zero attached hydrogens (tertiary/aromatic N) is 2. The summed E-state index contributed by atoms with van der Waals surface area (Å²) in [5.74, 6) is 0.245. The molecule has 1 saturated heterocycles. The lowest BCUT2D eigenvalue weighted by atomic mass is 10.1. The molecule has 4 rings (SSSR count). The smallest absolute Gasteiger partial charge is 0.337 e. The van der Waals surface area contributed by atoms with Crippen molar-refractivity contribution in [1.82, 2.24) is 9.80 Å². The molecule has 1 aliphatic heterocycles. The third kappa shape index (κ3) is 7.20. The van der Waals surface area contributed by atoms with E-state index in [9.17, 15) is 14.4 Å². The van der Waals surface area contributed by atoms with Crippen molar-refractivity contribution in [3.63, 3.8) is 0 Å². The zero-order valence-corrected chi connectivity index (χ0v) is 24.1. The Balaban J connectivity index is 1.49. The maximum atomic E-state index is 13.6. The predicted octanol–water partition coefficient (Wildman–Crippen LogP) is 4.10. The number of amides is 2. The SMILES string of the molecule is COC(=O)c1ccc(NC(=O)C[C@@H]2C(=O)N(CCc3ccccc3)C(=S)N2CCc2ccc(OC)c(OC)c2)cc1. The molecule has 1 fully saturated rings. The summed E-state index contributed by atoms with van der Waals surface area (Å²) in [6.45, 7) is 0.856. The largest absolute Gasteiger partial charge is 0.493 e. The maximum Gasteiger partial charge on any atom is 0.337 e. The highest BCUT2D eigenvalue weighted by Crippen LogP contribution is 2.29. The van der Waals surface area contributed by atoms with Crippen molar-refractivity contribution in [3.05, 3.63) is 89.5 Å². The number of rotatable bonds is 12. The van der Waals surface area contributed by atoms with Crippen LogP contribution in [0.2, 0.25) is 0 Å². The number of nitrogens with one attached hydrogen (secondary N) is 1. The van der Waals surface area contributed by atoms with Crippen molar-refractivity contribution in [2.75, 3.05) is 39.7 Å². The third-order valence-electron chi connectivity index (χ3n) is 6.93. The molecule has 3 aromatic rings. The van der Waals surface area contributed by atoms with Gasteiger partial charge < -0.3 is 24.4 Å². The van der Waals surface area contributed by atoms with Gasteiger partial charge in [-0.25, -0.2) is 4.79 Å². The molecule has 1 aliphatic rings. The van der Waals surface area contributed by atoms with Gasteiger partial charge in [-0.3, -0.25) is 14.5 Å². The number of thiocarbonyl (C=S) groups is 1. The molecule has 9 nitrogen and oxygen atoms in total. The van der Waals surface area contributed by atoms with Crippen LogP contribution in [0, 0.1) is 0 Å². The predicted molar refractivity (Wildman–Crippen MR) is 159 cm³/mol. The Morgan fingerprint density at radius 2 is 1.54 bits per heavy atom. The number of esters is 1. The van der Waals surface area contributed by atoms with E-state index >= 15 is 0 Å². The molecule has 214 valence electrons. The summed E-state index contributed by atoms with van der Waals surface area (Å²) in [4.78, 5) is 41.8. The fourth-order valence-electron chi connectivity index (χ4n) is 4.72. The topological polar surface area (TPSA) is 97.4 Å². The molecule has 3 aromatic carbocycles. The van der Waals surface area contributed by atoms with Crippen molar-refractivity contribution in [2.45, 2.75) is 25.3 Å². The number of carbonyl (C=O) groups excluding carboxylic acids is 3. The second kappa shape index (κ2) is 13.8. The monoisotopic (exact) mass is 575 g/mol. The summed E-state index contributed by atoms with van der Waals surface area (Å²) in [6, 6.07) is 21.2. The highest BCUT2D eigenvalue weighted by atomic mass is 32.1. The van der Waals surface area contributed by atoms with E-state index in [2.05, 4.69) is 5.32 Å². The minimum atomic E-state index is -0.743. The van der Waals surface area contributed by atoms with Gasteiger partial charge in [-0.2, -0.15) is 0 Å². The highest BCUT2D eigenvalue weighted by molar-refractivity contribution is 7.80. The van der Waals surface area contributed by atoms with Gasteiger partial charge in [0.15, 0.2) is 16.6 Å². The van der Waals surface area contributed by atoms with Crippen LogP contribution in [0.3, 0.4) is 0 Å². The quantitative estimate of drug-likeness (QED) is 0.255. The molecule has 2 amide bonds. The third-order valence-corrected chi connectivity index (χ3v) is 7.38. The van der Waals surface area contributed by atoms with E-state index in [1.807, 2.05) is 53.4 Å². The molecule has 0 bridgehead atoms. The van der Waals surface area contributed by atoms with Gasteiger partial charge in [0.25, 0.3) is 5.91 Å². The van der Waals surface area contributed by atoms with E-state index in [0.29, 0.717) is 53.8 Å². The van der Waals surface area contributed by atoms with Crippen molar-refractivity contribution in [2.24, 2.45) is 0 Å². The summed E-state index contributed by atoms with van der Waals surface area (Å²) in [5.41, 5.74) is 2.96. The van der Waals surface area contributed by atoms with Crippen molar-refractivity contribution >= 4 is 40.8 Å². The molecule has 0 aliphatic carbocycles. The molecule has 0 unspecified atom stereocenters. The van der Waals surface area contributed by atoms with Gasteiger partial charge in [-0.1, -0.05) is 36.4 Å².